The third-order valence-corrected chi connectivity index (χ3v) is 7.80. The van der Waals surface area contributed by atoms with Gasteiger partial charge in [-0.15, -0.1) is 4.91 Å². The van der Waals surface area contributed by atoms with Gasteiger partial charge >= 0.3 is 0 Å². The topological polar surface area (TPSA) is 83.8 Å². The van der Waals surface area contributed by atoms with Gasteiger partial charge in [-0.2, -0.15) is 0 Å². The fourth-order valence-electron chi connectivity index (χ4n) is 4.04. The van der Waals surface area contributed by atoms with Gasteiger partial charge in [0.2, 0.25) is 0 Å². The van der Waals surface area contributed by atoms with Crippen molar-refractivity contribution >= 4 is 17.7 Å². The van der Waals surface area contributed by atoms with Crippen molar-refractivity contribution in [3.8, 4) is 0 Å². The van der Waals surface area contributed by atoms with E-state index < -0.39 is 33.0 Å². The minimum Gasteiger partial charge on any atom is -0.393 e. The molecule has 1 aromatic rings. The Hall–Kier alpha value is -1.80. The van der Waals surface area contributed by atoms with Crippen molar-refractivity contribution in [2.75, 3.05) is 5.75 Å². The van der Waals surface area contributed by atoms with E-state index in [4.69, 9.17) is 0 Å². The Kier molecular flexibility index (Phi) is 4.92. The van der Waals surface area contributed by atoms with Gasteiger partial charge in [0.15, 0.2) is 9.84 Å². The van der Waals surface area contributed by atoms with Crippen LogP contribution < -0.4 is 0 Å². The molecule has 8 heteroatoms. The number of fused-ring (bicyclic) bond motifs is 1. The molecular weight excluding hydrogens is 356 g/mol. The largest absolute Gasteiger partial charge is 0.393 e. The first kappa shape index (κ1) is 19.0. The van der Waals surface area contributed by atoms with Gasteiger partial charge < -0.3 is 5.11 Å². The average Bonchev–Trinajstić information content (AvgIpc) is 2.67. The lowest BCUT2D eigenvalue weighted by atomic mass is 9.58. The van der Waals surface area contributed by atoms with E-state index in [-0.39, 0.29) is 28.6 Å². The molecule has 26 heavy (non-hydrogen) atoms. The lowest BCUT2D eigenvalue weighted by Gasteiger charge is -2.39. The summed E-state index contributed by atoms with van der Waals surface area (Å²) in [5.41, 5.74) is 0.601. The number of sulfone groups is 1. The predicted molar refractivity (Wildman–Crippen MR) is 99.9 cm³/mol. The standard InChI is InChI=1S/C18H21BFNO4S/c1-2-18(19)10-26(24,25)15-7-6-12(20)9-14(15)16(17(18)22)11-4-3-5-13(8-11)21-23/h3-7,9,11,16-17,22H,2,8,10,19H2,1H3/t11?,16-,17-,18+/m1/s1. The molecule has 4 atom stereocenters. The molecule has 0 saturated carbocycles. The van der Waals surface area contributed by atoms with Crippen LogP contribution in [0.1, 0.15) is 31.2 Å². The van der Waals surface area contributed by atoms with Crippen molar-refractivity contribution < 1.29 is 17.9 Å². The zero-order valence-electron chi connectivity index (χ0n) is 14.7. The second-order valence-electron chi connectivity index (χ2n) is 7.42. The van der Waals surface area contributed by atoms with Crippen LogP contribution in [-0.2, 0) is 9.84 Å². The molecule has 0 aromatic heterocycles. The van der Waals surface area contributed by atoms with Gasteiger partial charge in [-0.25, -0.2) is 12.8 Å². The van der Waals surface area contributed by atoms with Gasteiger partial charge in [-0.3, -0.25) is 0 Å². The van der Waals surface area contributed by atoms with E-state index in [0.29, 0.717) is 12.1 Å². The summed E-state index contributed by atoms with van der Waals surface area (Å²) < 4.78 is 39.9. The monoisotopic (exact) mass is 377 g/mol. The lowest BCUT2D eigenvalue weighted by molar-refractivity contribution is 0.0818. The first-order chi connectivity index (χ1) is 12.2. The van der Waals surface area contributed by atoms with Crippen molar-refractivity contribution in [1.29, 1.82) is 0 Å². The zero-order chi connectivity index (χ0) is 19.1. The molecule has 5 nitrogen and oxygen atoms in total. The van der Waals surface area contributed by atoms with Crippen molar-refractivity contribution in [1.82, 2.24) is 0 Å². The second-order valence-corrected chi connectivity index (χ2v) is 9.38. The number of aliphatic hydroxyl groups is 1. The van der Waals surface area contributed by atoms with Crippen LogP contribution in [0.4, 0.5) is 4.39 Å². The first-order valence-corrected chi connectivity index (χ1v) is 10.3. The Morgan fingerprint density at radius 2 is 2.15 bits per heavy atom. The molecule has 1 aliphatic carbocycles. The summed E-state index contributed by atoms with van der Waals surface area (Å²) in [6, 6.07) is 3.61. The Morgan fingerprint density at radius 3 is 2.81 bits per heavy atom. The Bertz CT molecular complexity index is 898. The molecular formula is C18H21BFNO4S. The van der Waals surface area contributed by atoms with Gasteiger partial charge in [0.25, 0.3) is 0 Å². The lowest BCUT2D eigenvalue weighted by Crippen LogP contribution is -2.39. The minimum absolute atomic E-state index is 0.0590. The molecule has 138 valence electrons. The number of halogens is 1. The summed E-state index contributed by atoms with van der Waals surface area (Å²) in [6.07, 6.45) is 4.81. The van der Waals surface area contributed by atoms with Gasteiger partial charge in [0, 0.05) is 12.3 Å². The number of rotatable bonds is 3. The molecule has 0 fully saturated rings. The third-order valence-electron chi connectivity index (χ3n) is 5.72. The van der Waals surface area contributed by atoms with Crippen LogP contribution in [0.2, 0.25) is 5.31 Å². The van der Waals surface area contributed by atoms with Crippen molar-refractivity contribution in [3.05, 3.63) is 58.4 Å². The smallest absolute Gasteiger partial charge is 0.178 e. The van der Waals surface area contributed by atoms with Crippen LogP contribution in [0.3, 0.4) is 0 Å². The third kappa shape index (κ3) is 3.16. The second kappa shape index (κ2) is 6.74. The van der Waals surface area contributed by atoms with Crippen LogP contribution >= 0.6 is 0 Å². The van der Waals surface area contributed by atoms with E-state index in [0.717, 1.165) is 6.07 Å². The van der Waals surface area contributed by atoms with Gasteiger partial charge in [0.1, 0.15) is 13.7 Å². The highest BCUT2D eigenvalue weighted by Crippen LogP contribution is 2.50. The van der Waals surface area contributed by atoms with Gasteiger partial charge in [0.05, 0.1) is 22.4 Å². The van der Waals surface area contributed by atoms with E-state index in [1.807, 2.05) is 13.0 Å². The Morgan fingerprint density at radius 1 is 1.42 bits per heavy atom. The average molecular weight is 377 g/mol. The molecule has 0 spiro atoms. The SMILES string of the molecule is B[C@@]1(CC)CS(=O)(=O)c2ccc(F)cc2[C@@H](C2C=CC=C(N=O)C2)[C@H]1O. The summed E-state index contributed by atoms with van der Waals surface area (Å²) in [7, 11) is -1.95. The van der Waals surface area contributed by atoms with Gasteiger partial charge in [-0.05, 0) is 46.2 Å². The molecule has 0 amide bonds. The summed E-state index contributed by atoms with van der Waals surface area (Å²) in [5, 5.41) is 13.3. The van der Waals surface area contributed by atoms with Crippen LogP contribution in [0.15, 0.2) is 52.2 Å². The highest BCUT2D eigenvalue weighted by molar-refractivity contribution is 7.91. The number of allylic oxidation sites excluding steroid dienone is 4. The van der Waals surface area contributed by atoms with Gasteiger partial charge in [-0.1, -0.05) is 25.5 Å². The van der Waals surface area contributed by atoms with E-state index in [1.54, 1.807) is 20.0 Å². The molecule has 2 aliphatic rings. The number of hydrogen-bond acceptors (Lipinski definition) is 5. The molecule has 1 aliphatic heterocycles. The number of benzene rings is 1. The maximum absolute atomic E-state index is 14.0. The molecule has 1 unspecified atom stereocenters. The van der Waals surface area contributed by atoms with E-state index in [9.17, 15) is 22.8 Å². The highest BCUT2D eigenvalue weighted by Gasteiger charge is 2.48. The molecule has 3 rings (SSSR count). The number of nitrogens with zero attached hydrogens (tertiary/aromatic N) is 1. The van der Waals surface area contributed by atoms with E-state index >= 15 is 0 Å². The normalized spacial score (nSPS) is 33.0. The quantitative estimate of drug-likeness (QED) is 0.498. The molecule has 0 radical (unpaired) electrons. The molecule has 1 heterocycles. The fraction of sp³-hybridized carbons (Fsp3) is 0.444. The maximum atomic E-state index is 14.0. The summed E-state index contributed by atoms with van der Waals surface area (Å²) in [6.45, 7) is 1.83. The van der Waals surface area contributed by atoms with Crippen molar-refractivity contribution in [2.45, 2.75) is 42.0 Å². The van der Waals surface area contributed by atoms with Crippen LogP contribution in [0.25, 0.3) is 0 Å². The number of aliphatic hydroxyl groups excluding tert-OH is 1. The highest BCUT2D eigenvalue weighted by atomic mass is 32.2. The molecule has 0 saturated heterocycles. The van der Waals surface area contributed by atoms with Crippen molar-refractivity contribution in [3.63, 3.8) is 0 Å². The molecule has 0 bridgehead atoms. The zero-order valence-corrected chi connectivity index (χ0v) is 15.5. The van der Waals surface area contributed by atoms with E-state index in [1.165, 1.54) is 12.1 Å². The van der Waals surface area contributed by atoms with Crippen LogP contribution in [0.5, 0.6) is 0 Å². The number of hydrogen-bond donors (Lipinski definition) is 1. The molecule has 1 aromatic carbocycles. The number of nitroso groups, excluding NO2 is 1. The minimum atomic E-state index is -3.69. The first-order valence-electron chi connectivity index (χ1n) is 8.63. The predicted octanol–water partition coefficient (Wildman–Crippen LogP) is 2.49. The summed E-state index contributed by atoms with van der Waals surface area (Å²) in [5.74, 6) is -1.76. The van der Waals surface area contributed by atoms with Crippen LogP contribution in [-0.4, -0.2) is 33.2 Å². The fourth-order valence-corrected chi connectivity index (χ4v) is 6.27. The summed E-state index contributed by atoms with van der Waals surface area (Å²) in [4.78, 5) is 11.0. The molecule has 1 N–H and O–H groups in total. The van der Waals surface area contributed by atoms with Crippen molar-refractivity contribution in [2.24, 2.45) is 11.1 Å². The Balaban J connectivity index is 2.22. The Labute approximate surface area is 153 Å². The maximum Gasteiger partial charge on any atom is 0.178 e. The van der Waals surface area contributed by atoms with Crippen LogP contribution in [0, 0.1) is 16.6 Å². The summed E-state index contributed by atoms with van der Waals surface area (Å²) >= 11 is 0. The van der Waals surface area contributed by atoms with E-state index in [2.05, 4.69) is 5.18 Å².